The minimum atomic E-state index is -4.63. The Morgan fingerprint density at radius 1 is 1.19 bits per heavy atom. The third-order valence-corrected chi connectivity index (χ3v) is 6.18. The molecule has 2 aromatic carbocycles. The van der Waals surface area contributed by atoms with E-state index in [9.17, 15) is 28.1 Å². The number of benzene rings is 2. The minimum Gasteiger partial charge on any atom is -0.497 e. The molecular formula is C23H20BrF3N4O5. The van der Waals surface area contributed by atoms with Crippen LogP contribution in [-0.4, -0.2) is 27.7 Å². The number of amides is 1. The van der Waals surface area contributed by atoms with Crippen molar-refractivity contribution in [2.24, 2.45) is 0 Å². The maximum absolute atomic E-state index is 13.3. The lowest BCUT2D eigenvalue weighted by Gasteiger charge is -2.11. The van der Waals surface area contributed by atoms with Gasteiger partial charge in [0.1, 0.15) is 17.2 Å². The monoisotopic (exact) mass is 568 g/mol. The molecule has 3 aromatic rings. The molecule has 1 N–H and O–H groups in total. The van der Waals surface area contributed by atoms with Crippen LogP contribution in [0.3, 0.4) is 0 Å². The second kappa shape index (κ2) is 10.2. The number of non-ortho nitro benzene ring substituents is 1. The molecule has 1 fully saturated rings. The Balaban J connectivity index is 1.48. The molecular weight excluding hydrogens is 549 g/mol. The number of alkyl halides is 3. The smallest absolute Gasteiger partial charge is 0.436 e. The highest BCUT2D eigenvalue weighted by Gasteiger charge is 2.41. The first kappa shape index (κ1) is 25.5. The fourth-order valence-electron chi connectivity index (χ4n) is 3.58. The van der Waals surface area contributed by atoms with Crippen molar-refractivity contribution in [3.63, 3.8) is 0 Å². The quantitative estimate of drug-likeness (QED) is 0.240. The Bertz CT molecular complexity index is 1290. The third kappa shape index (κ3) is 5.96. The molecule has 0 atom stereocenters. The summed E-state index contributed by atoms with van der Waals surface area (Å²) < 4.78 is 51.7. The SMILES string of the molecule is COc1ccc(Oc2cc(NC(=O)CCn3nc(C(F)(F)F)c(Br)c3C3CC3)cc([N+](=O)[O-])c2)cc1. The number of ether oxygens (including phenoxy) is 2. The minimum absolute atomic E-state index is 0.0412. The maximum atomic E-state index is 13.3. The number of aryl methyl sites for hydroxylation is 1. The molecule has 1 aliphatic rings. The molecule has 0 saturated heterocycles. The number of rotatable bonds is 9. The number of aromatic nitrogens is 2. The first-order valence-corrected chi connectivity index (χ1v) is 11.6. The molecule has 1 aliphatic carbocycles. The van der Waals surface area contributed by atoms with E-state index in [-0.39, 0.29) is 40.5 Å². The summed E-state index contributed by atoms with van der Waals surface area (Å²) in [4.78, 5) is 23.3. The summed E-state index contributed by atoms with van der Waals surface area (Å²) in [5, 5.41) is 17.6. The van der Waals surface area contributed by atoms with Gasteiger partial charge in [0.05, 0.1) is 40.5 Å². The van der Waals surface area contributed by atoms with Crippen molar-refractivity contribution in [2.75, 3.05) is 12.4 Å². The van der Waals surface area contributed by atoms with Crippen LogP contribution in [0.15, 0.2) is 46.9 Å². The molecule has 1 amide bonds. The zero-order valence-corrected chi connectivity index (χ0v) is 20.4. The van der Waals surface area contributed by atoms with E-state index in [1.165, 1.54) is 30.0 Å². The molecule has 1 aromatic heterocycles. The van der Waals surface area contributed by atoms with Gasteiger partial charge in [-0.3, -0.25) is 19.6 Å². The molecule has 190 valence electrons. The molecule has 1 heterocycles. The summed E-state index contributed by atoms with van der Waals surface area (Å²) in [7, 11) is 1.51. The van der Waals surface area contributed by atoms with E-state index < -0.39 is 22.7 Å². The summed E-state index contributed by atoms with van der Waals surface area (Å²) in [5.41, 5.74) is -0.805. The van der Waals surface area contributed by atoms with E-state index in [4.69, 9.17) is 9.47 Å². The summed E-state index contributed by atoms with van der Waals surface area (Å²) >= 11 is 3.02. The highest BCUT2D eigenvalue weighted by molar-refractivity contribution is 9.10. The van der Waals surface area contributed by atoms with Crippen LogP contribution in [0.2, 0.25) is 0 Å². The molecule has 4 rings (SSSR count). The van der Waals surface area contributed by atoms with Gasteiger partial charge in [-0.1, -0.05) is 0 Å². The van der Waals surface area contributed by atoms with Gasteiger partial charge in [0.15, 0.2) is 5.69 Å². The van der Waals surface area contributed by atoms with Crippen LogP contribution in [-0.2, 0) is 17.5 Å². The van der Waals surface area contributed by atoms with Gasteiger partial charge in [0.2, 0.25) is 5.91 Å². The zero-order chi connectivity index (χ0) is 26.0. The van der Waals surface area contributed by atoms with Gasteiger partial charge in [-0.05, 0) is 53.0 Å². The summed E-state index contributed by atoms with van der Waals surface area (Å²) in [5.74, 6) is 0.525. The highest BCUT2D eigenvalue weighted by atomic mass is 79.9. The van der Waals surface area contributed by atoms with Crippen molar-refractivity contribution in [1.29, 1.82) is 0 Å². The fraction of sp³-hybridized carbons (Fsp3) is 0.304. The van der Waals surface area contributed by atoms with E-state index in [0.717, 1.165) is 12.8 Å². The number of carbonyl (C=O) groups is 1. The normalized spacial score (nSPS) is 13.4. The van der Waals surface area contributed by atoms with Gasteiger partial charge in [0, 0.05) is 24.5 Å². The lowest BCUT2D eigenvalue weighted by Crippen LogP contribution is -2.16. The Morgan fingerprint density at radius 3 is 2.44 bits per heavy atom. The van der Waals surface area contributed by atoms with E-state index >= 15 is 0 Å². The van der Waals surface area contributed by atoms with Gasteiger partial charge in [-0.2, -0.15) is 18.3 Å². The highest BCUT2D eigenvalue weighted by Crippen LogP contribution is 2.47. The Labute approximate surface area is 211 Å². The predicted molar refractivity (Wildman–Crippen MR) is 126 cm³/mol. The van der Waals surface area contributed by atoms with Crippen molar-refractivity contribution in [3.05, 3.63) is 68.4 Å². The van der Waals surface area contributed by atoms with Crippen molar-refractivity contribution in [1.82, 2.24) is 9.78 Å². The van der Waals surface area contributed by atoms with Crippen LogP contribution in [0.5, 0.6) is 17.2 Å². The zero-order valence-electron chi connectivity index (χ0n) is 18.8. The molecule has 0 spiro atoms. The first-order chi connectivity index (χ1) is 17.0. The maximum Gasteiger partial charge on any atom is 0.436 e. The van der Waals surface area contributed by atoms with Gasteiger partial charge in [0.25, 0.3) is 5.69 Å². The number of nitrogens with zero attached hydrogens (tertiary/aromatic N) is 3. The fourth-order valence-corrected chi connectivity index (χ4v) is 4.41. The van der Waals surface area contributed by atoms with Crippen LogP contribution in [0.25, 0.3) is 0 Å². The Morgan fingerprint density at radius 2 is 1.86 bits per heavy atom. The van der Waals surface area contributed by atoms with E-state index in [2.05, 4.69) is 26.3 Å². The van der Waals surface area contributed by atoms with Crippen LogP contribution in [0.4, 0.5) is 24.5 Å². The summed E-state index contributed by atoms with van der Waals surface area (Å²) in [6, 6.07) is 10.3. The Kier molecular flexibility index (Phi) is 7.20. The molecule has 36 heavy (non-hydrogen) atoms. The van der Waals surface area contributed by atoms with Crippen molar-refractivity contribution in [3.8, 4) is 17.2 Å². The number of nitro groups is 1. The van der Waals surface area contributed by atoms with E-state index in [1.807, 2.05) is 0 Å². The molecule has 0 aliphatic heterocycles. The van der Waals surface area contributed by atoms with Gasteiger partial charge >= 0.3 is 6.18 Å². The lowest BCUT2D eigenvalue weighted by molar-refractivity contribution is -0.384. The van der Waals surface area contributed by atoms with Crippen LogP contribution in [0.1, 0.15) is 36.6 Å². The van der Waals surface area contributed by atoms with E-state index in [1.54, 1.807) is 24.3 Å². The Hall–Kier alpha value is -3.61. The number of nitro benzene ring substituents is 1. The van der Waals surface area contributed by atoms with Crippen molar-refractivity contribution >= 4 is 33.2 Å². The average Bonchev–Trinajstić information content (AvgIpc) is 3.59. The van der Waals surface area contributed by atoms with Crippen LogP contribution in [0, 0.1) is 10.1 Å². The second-order valence-corrected chi connectivity index (χ2v) is 8.88. The molecule has 1 saturated carbocycles. The average molecular weight is 569 g/mol. The molecule has 0 radical (unpaired) electrons. The van der Waals surface area contributed by atoms with Crippen molar-refractivity contribution in [2.45, 2.75) is 37.9 Å². The van der Waals surface area contributed by atoms with Crippen LogP contribution < -0.4 is 14.8 Å². The van der Waals surface area contributed by atoms with E-state index in [0.29, 0.717) is 17.2 Å². The van der Waals surface area contributed by atoms with Gasteiger partial charge in [-0.25, -0.2) is 0 Å². The molecule has 0 bridgehead atoms. The number of anilines is 1. The molecule has 13 heteroatoms. The van der Waals surface area contributed by atoms with Gasteiger partial charge in [-0.15, -0.1) is 0 Å². The molecule has 0 unspecified atom stereocenters. The second-order valence-electron chi connectivity index (χ2n) is 8.09. The lowest BCUT2D eigenvalue weighted by atomic mass is 10.2. The largest absolute Gasteiger partial charge is 0.497 e. The third-order valence-electron chi connectivity index (χ3n) is 5.40. The number of hydrogen-bond donors (Lipinski definition) is 1. The number of nitrogens with one attached hydrogen (secondary N) is 1. The van der Waals surface area contributed by atoms with Crippen LogP contribution >= 0.6 is 15.9 Å². The standard InChI is InChI=1S/C23H20BrF3N4O5/c1-35-16-4-6-17(7-5-16)36-18-11-14(10-15(12-18)31(33)34)28-19(32)8-9-30-21(13-2-3-13)20(24)22(29-30)23(25,26)27/h4-7,10-13H,2-3,8-9H2,1H3,(H,28,32). The van der Waals surface area contributed by atoms with Gasteiger partial charge < -0.3 is 14.8 Å². The predicted octanol–water partition coefficient (Wildman–Crippen LogP) is 6.28. The molecule has 9 nitrogen and oxygen atoms in total. The summed E-state index contributed by atoms with van der Waals surface area (Å²) in [6.07, 6.45) is -3.32. The topological polar surface area (TPSA) is 109 Å². The number of carbonyl (C=O) groups excluding carboxylic acids is 1. The number of methoxy groups -OCH3 is 1. The van der Waals surface area contributed by atoms with Crippen molar-refractivity contribution < 1.29 is 32.4 Å². The number of hydrogen-bond acceptors (Lipinski definition) is 6. The summed E-state index contributed by atoms with van der Waals surface area (Å²) in [6.45, 7) is -0.0868. The first-order valence-electron chi connectivity index (χ1n) is 10.8. The number of halogens is 4.